The van der Waals surface area contributed by atoms with Crippen molar-refractivity contribution in [2.45, 2.75) is 44.9 Å². The normalized spacial score (nSPS) is 15.2. The van der Waals surface area contributed by atoms with Gasteiger partial charge in [0, 0.05) is 23.1 Å². The van der Waals surface area contributed by atoms with E-state index in [-0.39, 0.29) is 5.69 Å². The molecule has 0 amide bonds. The molecular weight excluding hydrogens is 396 g/mol. The standard InChI is InChI=1S/C23H24N4O2S/c1-16(19-8-5-9-20(14-19)17-6-3-2-4-7-17)25-26-23-24-22(15-30-23)18-10-12-21(13-11-18)27(28)29/h5,8-15,17H,2-4,6-7H2,1H3,(H,24,26)/b25-16-. The number of benzene rings is 2. The van der Waals surface area contributed by atoms with Gasteiger partial charge in [0.05, 0.1) is 16.3 Å². The summed E-state index contributed by atoms with van der Waals surface area (Å²) in [7, 11) is 0. The number of nitro benzene ring substituents is 1. The van der Waals surface area contributed by atoms with Gasteiger partial charge in [-0.3, -0.25) is 15.5 Å². The number of hydrogen-bond acceptors (Lipinski definition) is 6. The third-order valence-electron chi connectivity index (χ3n) is 5.58. The maximum Gasteiger partial charge on any atom is 0.269 e. The SMILES string of the molecule is C/C(=N/Nc1nc(-c2ccc([N+](=O)[O-])cc2)cs1)c1cccc(C2CCCCC2)c1. The van der Waals surface area contributed by atoms with Gasteiger partial charge in [-0.05, 0) is 55.0 Å². The van der Waals surface area contributed by atoms with Crippen molar-refractivity contribution in [3.63, 3.8) is 0 Å². The molecule has 1 N–H and O–H groups in total. The molecule has 1 saturated carbocycles. The minimum atomic E-state index is -0.404. The number of nitrogens with zero attached hydrogens (tertiary/aromatic N) is 3. The molecular formula is C23H24N4O2S. The monoisotopic (exact) mass is 420 g/mol. The Kier molecular flexibility index (Phi) is 6.18. The van der Waals surface area contributed by atoms with E-state index in [0.29, 0.717) is 11.0 Å². The van der Waals surface area contributed by atoms with Gasteiger partial charge in [0.2, 0.25) is 5.13 Å². The average molecular weight is 421 g/mol. The Morgan fingerprint density at radius 2 is 1.93 bits per heavy atom. The first kappa shape index (κ1) is 20.2. The minimum absolute atomic E-state index is 0.0722. The lowest BCUT2D eigenvalue weighted by atomic mass is 9.83. The van der Waals surface area contributed by atoms with Crippen molar-refractivity contribution >= 4 is 27.9 Å². The van der Waals surface area contributed by atoms with Gasteiger partial charge in [-0.15, -0.1) is 11.3 Å². The van der Waals surface area contributed by atoms with Gasteiger partial charge in [-0.1, -0.05) is 37.5 Å². The van der Waals surface area contributed by atoms with E-state index in [1.165, 1.54) is 61.1 Å². The van der Waals surface area contributed by atoms with Gasteiger partial charge < -0.3 is 0 Å². The molecule has 0 atom stereocenters. The molecule has 1 fully saturated rings. The smallest absolute Gasteiger partial charge is 0.258 e. The molecule has 1 heterocycles. The number of anilines is 1. The Morgan fingerprint density at radius 3 is 2.67 bits per heavy atom. The quantitative estimate of drug-likeness (QED) is 0.277. The summed E-state index contributed by atoms with van der Waals surface area (Å²) in [5.74, 6) is 0.669. The molecule has 1 aliphatic carbocycles. The molecule has 0 radical (unpaired) electrons. The number of rotatable bonds is 6. The van der Waals surface area contributed by atoms with Crippen LogP contribution in [0, 0.1) is 10.1 Å². The third-order valence-corrected chi connectivity index (χ3v) is 6.33. The van der Waals surface area contributed by atoms with Crippen LogP contribution in [0.25, 0.3) is 11.3 Å². The zero-order valence-electron chi connectivity index (χ0n) is 16.9. The van der Waals surface area contributed by atoms with Crippen LogP contribution in [0.3, 0.4) is 0 Å². The van der Waals surface area contributed by atoms with Crippen LogP contribution in [-0.4, -0.2) is 15.6 Å². The summed E-state index contributed by atoms with van der Waals surface area (Å²) < 4.78 is 0. The number of hydrogen-bond donors (Lipinski definition) is 1. The van der Waals surface area contributed by atoms with E-state index < -0.39 is 4.92 Å². The Morgan fingerprint density at radius 1 is 1.17 bits per heavy atom. The molecule has 4 rings (SSSR count). The average Bonchev–Trinajstić information content (AvgIpc) is 3.27. The van der Waals surface area contributed by atoms with Gasteiger partial charge >= 0.3 is 0 Å². The maximum absolute atomic E-state index is 10.8. The summed E-state index contributed by atoms with van der Waals surface area (Å²) in [6.45, 7) is 2.00. The topological polar surface area (TPSA) is 80.4 Å². The molecule has 30 heavy (non-hydrogen) atoms. The molecule has 0 unspecified atom stereocenters. The lowest BCUT2D eigenvalue weighted by Gasteiger charge is -2.22. The summed E-state index contributed by atoms with van der Waals surface area (Å²) >= 11 is 1.45. The van der Waals surface area contributed by atoms with Gasteiger partial charge in [-0.2, -0.15) is 5.10 Å². The first-order valence-electron chi connectivity index (χ1n) is 10.2. The lowest BCUT2D eigenvalue weighted by molar-refractivity contribution is -0.384. The molecule has 1 aliphatic rings. The fourth-order valence-corrected chi connectivity index (χ4v) is 4.52. The predicted molar refractivity (Wildman–Crippen MR) is 122 cm³/mol. The Hall–Kier alpha value is -3.06. The second kappa shape index (κ2) is 9.17. The zero-order valence-corrected chi connectivity index (χ0v) is 17.7. The largest absolute Gasteiger partial charge is 0.269 e. The van der Waals surface area contributed by atoms with Crippen LogP contribution in [-0.2, 0) is 0 Å². The molecule has 7 heteroatoms. The summed E-state index contributed by atoms with van der Waals surface area (Å²) in [5.41, 5.74) is 8.18. The number of hydrazone groups is 1. The van der Waals surface area contributed by atoms with Crippen LogP contribution in [0.15, 0.2) is 59.0 Å². The van der Waals surface area contributed by atoms with E-state index in [1.807, 2.05) is 12.3 Å². The fraction of sp³-hybridized carbons (Fsp3) is 0.304. The highest BCUT2D eigenvalue weighted by atomic mass is 32.1. The molecule has 0 spiro atoms. The minimum Gasteiger partial charge on any atom is -0.258 e. The van der Waals surface area contributed by atoms with E-state index in [1.54, 1.807) is 12.1 Å². The van der Waals surface area contributed by atoms with Crippen LogP contribution in [0.1, 0.15) is 56.1 Å². The van der Waals surface area contributed by atoms with E-state index in [4.69, 9.17) is 0 Å². The van der Waals surface area contributed by atoms with Crippen LogP contribution in [0.5, 0.6) is 0 Å². The second-order valence-electron chi connectivity index (χ2n) is 7.61. The highest BCUT2D eigenvalue weighted by Gasteiger charge is 2.16. The van der Waals surface area contributed by atoms with Crippen LogP contribution in [0.2, 0.25) is 0 Å². The van der Waals surface area contributed by atoms with Crippen molar-refractivity contribution in [1.82, 2.24) is 4.98 Å². The number of thiazole rings is 1. The number of nitrogens with one attached hydrogen (secondary N) is 1. The first-order chi connectivity index (χ1) is 14.6. The van der Waals surface area contributed by atoms with Gasteiger partial charge in [0.1, 0.15) is 0 Å². The lowest BCUT2D eigenvalue weighted by Crippen LogP contribution is -2.06. The van der Waals surface area contributed by atoms with Gasteiger partial charge in [-0.25, -0.2) is 4.98 Å². The summed E-state index contributed by atoms with van der Waals surface area (Å²) in [6, 6.07) is 15.1. The Labute approximate surface area is 179 Å². The molecule has 0 bridgehead atoms. The van der Waals surface area contributed by atoms with Crippen molar-refractivity contribution < 1.29 is 4.92 Å². The summed E-state index contributed by atoms with van der Waals surface area (Å²) in [6.07, 6.45) is 6.57. The number of non-ortho nitro benzene ring substituents is 1. The van der Waals surface area contributed by atoms with Crippen molar-refractivity contribution in [2.24, 2.45) is 5.10 Å². The molecule has 3 aromatic rings. The molecule has 6 nitrogen and oxygen atoms in total. The zero-order chi connectivity index (χ0) is 20.9. The molecule has 0 aliphatic heterocycles. The summed E-state index contributed by atoms with van der Waals surface area (Å²) in [4.78, 5) is 14.9. The Bertz CT molecular complexity index is 1050. The second-order valence-corrected chi connectivity index (χ2v) is 8.47. The molecule has 2 aromatic carbocycles. The van der Waals surface area contributed by atoms with E-state index >= 15 is 0 Å². The van der Waals surface area contributed by atoms with E-state index in [9.17, 15) is 10.1 Å². The van der Waals surface area contributed by atoms with E-state index in [2.05, 4.69) is 39.8 Å². The third kappa shape index (κ3) is 4.74. The molecule has 1 aromatic heterocycles. The van der Waals surface area contributed by atoms with Crippen LogP contribution >= 0.6 is 11.3 Å². The van der Waals surface area contributed by atoms with Crippen LogP contribution in [0.4, 0.5) is 10.8 Å². The summed E-state index contributed by atoms with van der Waals surface area (Å²) in [5, 5.41) is 17.9. The number of aromatic nitrogens is 1. The van der Waals surface area contributed by atoms with Crippen LogP contribution < -0.4 is 5.43 Å². The van der Waals surface area contributed by atoms with Crippen molar-refractivity contribution in [1.29, 1.82) is 0 Å². The molecule has 154 valence electrons. The Balaban J connectivity index is 1.44. The highest BCUT2D eigenvalue weighted by Crippen LogP contribution is 2.33. The predicted octanol–water partition coefficient (Wildman–Crippen LogP) is 6.60. The van der Waals surface area contributed by atoms with Crippen molar-refractivity contribution in [3.05, 3.63) is 75.2 Å². The fourth-order valence-electron chi connectivity index (χ4n) is 3.86. The van der Waals surface area contributed by atoms with Crippen molar-refractivity contribution in [2.75, 3.05) is 5.43 Å². The van der Waals surface area contributed by atoms with Gasteiger partial charge in [0.15, 0.2) is 0 Å². The first-order valence-corrected chi connectivity index (χ1v) is 11.1. The van der Waals surface area contributed by atoms with E-state index in [0.717, 1.165) is 22.5 Å². The number of nitro groups is 1. The highest BCUT2D eigenvalue weighted by molar-refractivity contribution is 7.14. The molecule has 0 saturated heterocycles. The van der Waals surface area contributed by atoms with Gasteiger partial charge in [0.25, 0.3) is 5.69 Å². The maximum atomic E-state index is 10.8. The van der Waals surface area contributed by atoms with Crippen molar-refractivity contribution in [3.8, 4) is 11.3 Å².